The zero-order valence-corrected chi connectivity index (χ0v) is 8.56. The Morgan fingerprint density at radius 3 is 2.08 bits per heavy atom. The van der Waals surface area contributed by atoms with Gasteiger partial charge >= 0.3 is 0 Å². The molecular formula is C8H6F3IO. The van der Waals surface area contributed by atoms with Crippen molar-refractivity contribution in [2.24, 2.45) is 0 Å². The monoisotopic (exact) mass is 302 g/mol. The maximum Gasteiger partial charge on any atom is 0.133 e. The van der Waals surface area contributed by atoms with Crippen LogP contribution in [0.15, 0.2) is 12.1 Å². The van der Waals surface area contributed by atoms with Crippen molar-refractivity contribution in [3.05, 3.63) is 35.1 Å². The molecule has 0 saturated heterocycles. The van der Waals surface area contributed by atoms with E-state index in [4.69, 9.17) is 5.11 Å². The van der Waals surface area contributed by atoms with Crippen LogP contribution in [0.4, 0.5) is 13.2 Å². The summed E-state index contributed by atoms with van der Waals surface area (Å²) in [7, 11) is 0. The molecule has 1 atom stereocenters. The van der Waals surface area contributed by atoms with E-state index < -0.39 is 21.4 Å². The van der Waals surface area contributed by atoms with Crippen LogP contribution in [0.3, 0.4) is 0 Å². The Bertz CT molecular complexity index is 293. The van der Waals surface area contributed by atoms with Gasteiger partial charge in [0, 0.05) is 17.7 Å². The summed E-state index contributed by atoms with van der Waals surface area (Å²) in [5.41, 5.74) is -0.287. The number of hydrogen-bond acceptors (Lipinski definition) is 1. The van der Waals surface area contributed by atoms with E-state index in [9.17, 15) is 13.2 Å². The van der Waals surface area contributed by atoms with Gasteiger partial charge in [0.05, 0.1) is 10.5 Å². The molecule has 0 bridgehead atoms. The lowest BCUT2D eigenvalue weighted by Crippen LogP contribution is -2.03. The van der Waals surface area contributed by atoms with Crippen LogP contribution in [0, 0.1) is 17.5 Å². The molecule has 1 aromatic rings. The standard InChI is InChI=1S/C8H6F3IO/c9-4-1-5(10)8(6(11)2-4)7(12)3-13/h1-2,7,13H,3H2. The molecule has 0 aliphatic rings. The molecule has 0 aromatic heterocycles. The zero-order chi connectivity index (χ0) is 10.0. The summed E-state index contributed by atoms with van der Waals surface area (Å²) in [5.74, 6) is -2.89. The van der Waals surface area contributed by atoms with Crippen LogP contribution < -0.4 is 0 Å². The van der Waals surface area contributed by atoms with Gasteiger partial charge in [0.2, 0.25) is 0 Å². The molecule has 1 unspecified atom stereocenters. The Morgan fingerprint density at radius 2 is 1.69 bits per heavy atom. The Hall–Kier alpha value is -0.300. The first kappa shape index (κ1) is 10.8. The summed E-state index contributed by atoms with van der Waals surface area (Å²) in [6.07, 6.45) is 0. The van der Waals surface area contributed by atoms with Crippen molar-refractivity contribution in [2.75, 3.05) is 6.61 Å². The normalized spacial score (nSPS) is 13.0. The van der Waals surface area contributed by atoms with E-state index in [2.05, 4.69) is 0 Å². The quantitative estimate of drug-likeness (QED) is 0.657. The van der Waals surface area contributed by atoms with Crippen LogP contribution in [0.1, 0.15) is 9.49 Å². The fraction of sp³-hybridized carbons (Fsp3) is 0.250. The molecule has 0 aliphatic heterocycles. The first-order valence-corrected chi connectivity index (χ1v) is 4.70. The predicted octanol–water partition coefficient (Wildman–Crippen LogP) is 2.57. The van der Waals surface area contributed by atoms with Crippen molar-refractivity contribution in [2.45, 2.75) is 3.92 Å². The average molecular weight is 302 g/mol. The second-order valence-electron chi connectivity index (χ2n) is 2.43. The summed E-state index contributed by atoms with van der Waals surface area (Å²) in [6.45, 7) is -0.389. The minimum atomic E-state index is -0.967. The van der Waals surface area contributed by atoms with Crippen LogP contribution in [0.5, 0.6) is 0 Å². The van der Waals surface area contributed by atoms with Gasteiger partial charge in [-0.15, -0.1) is 0 Å². The third-order valence-corrected chi connectivity index (χ3v) is 2.53. The SMILES string of the molecule is OCC(I)c1c(F)cc(F)cc1F. The number of hydrogen-bond donors (Lipinski definition) is 1. The molecular weight excluding hydrogens is 296 g/mol. The summed E-state index contributed by atoms with van der Waals surface area (Å²) in [6, 6.07) is 1.19. The van der Waals surface area contributed by atoms with Gasteiger partial charge in [0.15, 0.2) is 0 Å². The van der Waals surface area contributed by atoms with Gasteiger partial charge in [0.1, 0.15) is 17.5 Å². The lowest BCUT2D eigenvalue weighted by molar-refractivity contribution is 0.296. The Kier molecular flexibility index (Phi) is 3.55. The molecule has 0 saturated carbocycles. The Labute approximate surface area is 86.7 Å². The number of aliphatic hydroxyl groups is 1. The zero-order valence-electron chi connectivity index (χ0n) is 6.40. The van der Waals surface area contributed by atoms with E-state index in [-0.39, 0.29) is 12.2 Å². The second-order valence-corrected chi connectivity index (χ2v) is 3.94. The van der Waals surface area contributed by atoms with Crippen molar-refractivity contribution in [3.63, 3.8) is 0 Å². The minimum Gasteiger partial charge on any atom is -0.395 e. The number of aliphatic hydroxyl groups excluding tert-OH is 1. The van der Waals surface area contributed by atoms with E-state index in [0.29, 0.717) is 12.1 Å². The van der Waals surface area contributed by atoms with Crippen molar-refractivity contribution in [3.8, 4) is 0 Å². The third kappa shape index (κ3) is 2.34. The highest BCUT2D eigenvalue weighted by Crippen LogP contribution is 2.28. The van der Waals surface area contributed by atoms with Crippen LogP contribution >= 0.6 is 22.6 Å². The molecule has 72 valence electrons. The molecule has 1 aromatic carbocycles. The third-order valence-electron chi connectivity index (χ3n) is 1.52. The van der Waals surface area contributed by atoms with Crippen LogP contribution in [-0.2, 0) is 0 Å². The van der Waals surface area contributed by atoms with Crippen molar-refractivity contribution < 1.29 is 18.3 Å². The average Bonchev–Trinajstić information content (AvgIpc) is 2.02. The molecule has 1 N–H and O–H groups in total. The van der Waals surface area contributed by atoms with Gasteiger partial charge in [-0.25, -0.2) is 13.2 Å². The highest BCUT2D eigenvalue weighted by Gasteiger charge is 2.17. The summed E-state index contributed by atoms with van der Waals surface area (Å²) in [5, 5.41) is 8.67. The molecule has 1 rings (SSSR count). The highest BCUT2D eigenvalue weighted by molar-refractivity contribution is 14.1. The number of halogens is 4. The molecule has 0 heterocycles. The fourth-order valence-corrected chi connectivity index (χ4v) is 1.54. The van der Waals surface area contributed by atoms with E-state index in [1.807, 2.05) is 0 Å². The molecule has 13 heavy (non-hydrogen) atoms. The highest BCUT2D eigenvalue weighted by atomic mass is 127. The molecule has 0 spiro atoms. The number of alkyl halides is 1. The van der Waals surface area contributed by atoms with Crippen LogP contribution in [0.25, 0.3) is 0 Å². The Balaban J connectivity index is 3.20. The van der Waals surface area contributed by atoms with E-state index in [1.54, 1.807) is 22.6 Å². The van der Waals surface area contributed by atoms with Crippen molar-refractivity contribution in [1.29, 1.82) is 0 Å². The van der Waals surface area contributed by atoms with Gasteiger partial charge in [-0.1, -0.05) is 22.6 Å². The predicted molar refractivity (Wildman–Crippen MR) is 50.2 cm³/mol. The molecule has 0 radical (unpaired) electrons. The first-order valence-electron chi connectivity index (χ1n) is 3.45. The Morgan fingerprint density at radius 1 is 1.23 bits per heavy atom. The van der Waals surface area contributed by atoms with Crippen LogP contribution in [-0.4, -0.2) is 11.7 Å². The fourth-order valence-electron chi connectivity index (χ4n) is 0.944. The number of benzene rings is 1. The van der Waals surface area contributed by atoms with Crippen molar-refractivity contribution in [1.82, 2.24) is 0 Å². The molecule has 0 fully saturated rings. The minimum absolute atomic E-state index is 0.287. The van der Waals surface area contributed by atoms with Gasteiger partial charge in [0.25, 0.3) is 0 Å². The molecule has 0 aliphatic carbocycles. The number of rotatable bonds is 2. The first-order chi connectivity index (χ1) is 6.06. The molecule has 0 amide bonds. The second kappa shape index (κ2) is 4.28. The van der Waals surface area contributed by atoms with Crippen LogP contribution in [0.2, 0.25) is 0 Å². The summed E-state index contributed by atoms with van der Waals surface area (Å²) in [4.78, 5) is 0. The smallest absolute Gasteiger partial charge is 0.133 e. The lowest BCUT2D eigenvalue weighted by atomic mass is 10.1. The topological polar surface area (TPSA) is 20.2 Å². The van der Waals surface area contributed by atoms with E-state index in [1.165, 1.54) is 0 Å². The van der Waals surface area contributed by atoms with Gasteiger partial charge in [-0.05, 0) is 0 Å². The largest absolute Gasteiger partial charge is 0.395 e. The lowest BCUT2D eigenvalue weighted by Gasteiger charge is -2.08. The summed E-state index contributed by atoms with van der Waals surface area (Å²) >= 11 is 1.68. The molecule has 1 nitrogen and oxygen atoms in total. The summed E-state index contributed by atoms with van der Waals surface area (Å²) < 4.78 is 37.6. The molecule has 5 heteroatoms. The van der Waals surface area contributed by atoms with Gasteiger partial charge in [-0.2, -0.15) is 0 Å². The van der Waals surface area contributed by atoms with Crippen molar-refractivity contribution >= 4 is 22.6 Å². The maximum atomic E-state index is 13.0. The van der Waals surface area contributed by atoms with Gasteiger partial charge in [-0.3, -0.25) is 0 Å². The maximum absolute atomic E-state index is 13.0. The van der Waals surface area contributed by atoms with E-state index >= 15 is 0 Å². The van der Waals surface area contributed by atoms with Gasteiger partial charge < -0.3 is 5.11 Å². The van der Waals surface area contributed by atoms with E-state index in [0.717, 1.165) is 0 Å².